The number of fused-ring (bicyclic) bond motifs is 1. The van der Waals surface area contributed by atoms with E-state index in [-0.39, 0.29) is 23.9 Å². The first-order chi connectivity index (χ1) is 14.6. The minimum Gasteiger partial charge on any atom is -0.309 e. The van der Waals surface area contributed by atoms with E-state index < -0.39 is 0 Å². The molecule has 0 aliphatic carbocycles. The van der Waals surface area contributed by atoms with Gasteiger partial charge in [-0.15, -0.1) is 0 Å². The van der Waals surface area contributed by atoms with E-state index in [9.17, 15) is 9.59 Å². The zero-order valence-corrected chi connectivity index (χ0v) is 17.4. The Morgan fingerprint density at radius 1 is 0.900 bits per heavy atom. The molecule has 0 saturated carbocycles. The summed E-state index contributed by atoms with van der Waals surface area (Å²) < 4.78 is 0. The Balaban J connectivity index is 1.85. The Bertz CT molecular complexity index is 1030. The third-order valence-corrected chi connectivity index (χ3v) is 5.72. The van der Waals surface area contributed by atoms with Crippen molar-refractivity contribution < 1.29 is 9.59 Å². The van der Waals surface area contributed by atoms with Gasteiger partial charge in [-0.25, -0.2) is 0 Å². The van der Waals surface area contributed by atoms with E-state index in [1.165, 1.54) is 0 Å². The first-order valence-electron chi connectivity index (χ1n) is 10.5. The summed E-state index contributed by atoms with van der Waals surface area (Å²) in [4.78, 5) is 30.1. The van der Waals surface area contributed by atoms with Crippen LogP contribution in [0.4, 0.5) is 11.4 Å². The monoisotopic (exact) mass is 398 g/mol. The third kappa shape index (κ3) is 3.61. The maximum absolute atomic E-state index is 13.7. The molecule has 1 aliphatic rings. The molecule has 3 aromatic carbocycles. The molecule has 1 aliphatic heterocycles. The molecule has 0 aromatic heterocycles. The van der Waals surface area contributed by atoms with Gasteiger partial charge in [0.2, 0.25) is 5.91 Å². The number of carbonyl (C=O) groups excluding carboxylic acids is 2. The highest BCUT2D eigenvalue weighted by atomic mass is 16.2. The summed E-state index contributed by atoms with van der Waals surface area (Å²) in [5.41, 5.74) is 3.41. The summed E-state index contributed by atoms with van der Waals surface area (Å²) in [6, 6.07) is 27.0. The van der Waals surface area contributed by atoms with Crippen molar-refractivity contribution in [3.8, 4) is 0 Å². The van der Waals surface area contributed by atoms with E-state index in [0.29, 0.717) is 18.4 Å². The predicted molar refractivity (Wildman–Crippen MR) is 121 cm³/mol. The Kier molecular flexibility index (Phi) is 5.66. The van der Waals surface area contributed by atoms with Crippen LogP contribution in [-0.4, -0.2) is 17.9 Å². The second-order valence-electron chi connectivity index (χ2n) is 7.65. The summed E-state index contributed by atoms with van der Waals surface area (Å²) in [6.45, 7) is 3.95. The molecule has 3 aromatic rings. The Labute approximate surface area is 177 Å². The second kappa shape index (κ2) is 8.54. The van der Waals surface area contributed by atoms with Gasteiger partial charge in [-0.2, -0.15) is 0 Å². The highest BCUT2D eigenvalue weighted by molar-refractivity contribution is 6.07. The number of rotatable bonds is 4. The van der Waals surface area contributed by atoms with Crippen LogP contribution in [0.15, 0.2) is 84.9 Å². The van der Waals surface area contributed by atoms with Crippen molar-refractivity contribution >= 4 is 23.2 Å². The Morgan fingerprint density at radius 2 is 1.50 bits per heavy atom. The summed E-state index contributed by atoms with van der Waals surface area (Å²) in [5, 5.41) is 0. The highest BCUT2D eigenvalue weighted by Gasteiger charge is 2.38. The van der Waals surface area contributed by atoms with E-state index in [1.54, 1.807) is 0 Å². The summed E-state index contributed by atoms with van der Waals surface area (Å²) >= 11 is 0. The van der Waals surface area contributed by atoms with Crippen LogP contribution in [0.2, 0.25) is 0 Å². The molecule has 1 heterocycles. The topological polar surface area (TPSA) is 40.6 Å². The standard InChI is InChI=1S/C26H26N2O2/c1-3-25(29)27-19(2)18-24(22-16-10-11-17-23(22)27)28(21-14-8-5-9-15-21)26(30)20-12-6-4-7-13-20/h4-17,19,24H,3,18H2,1-2H3/t19-,24+/m0/s1. The summed E-state index contributed by atoms with van der Waals surface area (Å²) in [5.74, 6) is 0.0677. The van der Waals surface area contributed by atoms with Crippen molar-refractivity contribution in [2.45, 2.75) is 38.8 Å². The molecule has 0 bridgehead atoms. The number of hydrogen-bond donors (Lipinski definition) is 0. The van der Waals surface area contributed by atoms with Crippen LogP contribution < -0.4 is 9.80 Å². The number of anilines is 2. The van der Waals surface area contributed by atoms with Crippen LogP contribution in [0.1, 0.15) is 48.7 Å². The van der Waals surface area contributed by atoms with Gasteiger partial charge in [0, 0.05) is 29.4 Å². The van der Waals surface area contributed by atoms with Gasteiger partial charge in [-0.3, -0.25) is 9.59 Å². The summed E-state index contributed by atoms with van der Waals surface area (Å²) in [7, 11) is 0. The van der Waals surface area contributed by atoms with Crippen molar-refractivity contribution in [1.82, 2.24) is 0 Å². The van der Waals surface area contributed by atoms with Crippen LogP contribution in [0.25, 0.3) is 0 Å². The van der Waals surface area contributed by atoms with Gasteiger partial charge in [0.25, 0.3) is 5.91 Å². The lowest BCUT2D eigenvalue weighted by molar-refractivity contribution is -0.118. The molecule has 0 fully saturated rings. The number of amides is 2. The van der Waals surface area contributed by atoms with Gasteiger partial charge in [0.05, 0.1) is 6.04 Å². The van der Waals surface area contributed by atoms with Crippen molar-refractivity contribution in [2.24, 2.45) is 0 Å². The van der Waals surface area contributed by atoms with Gasteiger partial charge in [0.15, 0.2) is 0 Å². The van der Waals surface area contributed by atoms with E-state index >= 15 is 0 Å². The molecule has 0 radical (unpaired) electrons. The fourth-order valence-electron chi connectivity index (χ4n) is 4.32. The van der Waals surface area contributed by atoms with Crippen molar-refractivity contribution in [3.05, 3.63) is 96.1 Å². The Hall–Kier alpha value is -3.40. The average Bonchev–Trinajstić information content (AvgIpc) is 2.80. The SMILES string of the molecule is CCC(=O)N1c2ccccc2[C@H](N(C(=O)c2ccccc2)c2ccccc2)C[C@@H]1C. The fraction of sp³-hybridized carbons (Fsp3) is 0.231. The molecule has 30 heavy (non-hydrogen) atoms. The van der Waals surface area contributed by atoms with Crippen LogP contribution in [0, 0.1) is 0 Å². The zero-order chi connectivity index (χ0) is 21.1. The lowest BCUT2D eigenvalue weighted by atomic mass is 9.89. The number of carbonyl (C=O) groups is 2. The molecule has 0 N–H and O–H groups in total. The van der Waals surface area contributed by atoms with Gasteiger partial charge in [-0.05, 0) is 49.2 Å². The molecule has 0 saturated heterocycles. The third-order valence-electron chi connectivity index (χ3n) is 5.72. The van der Waals surface area contributed by atoms with E-state index in [2.05, 4.69) is 6.92 Å². The summed E-state index contributed by atoms with van der Waals surface area (Å²) in [6.07, 6.45) is 1.13. The van der Waals surface area contributed by atoms with Crippen LogP contribution in [0.5, 0.6) is 0 Å². The van der Waals surface area contributed by atoms with E-state index in [4.69, 9.17) is 0 Å². The smallest absolute Gasteiger partial charge is 0.258 e. The van der Waals surface area contributed by atoms with E-state index in [0.717, 1.165) is 16.9 Å². The molecular formula is C26H26N2O2. The van der Waals surface area contributed by atoms with Gasteiger partial charge < -0.3 is 9.80 Å². The maximum Gasteiger partial charge on any atom is 0.258 e. The number of hydrogen-bond acceptors (Lipinski definition) is 2. The lowest BCUT2D eigenvalue weighted by Crippen LogP contribution is -2.47. The number of nitrogens with zero attached hydrogens (tertiary/aromatic N) is 2. The minimum absolute atomic E-state index is 0.00728. The van der Waals surface area contributed by atoms with Gasteiger partial charge in [-0.1, -0.05) is 61.5 Å². The highest BCUT2D eigenvalue weighted by Crippen LogP contribution is 2.42. The molecule has 152 valence electrons. The quantitative estimate of drug-likeness (QED) is 0.573. The van der Waals surface area contributed by atoms with Crippen molar-refractivity contribution in [2.75, 3.05) is 9.80 Å². The molecule has 0 unspecified atom stereocenters. The maximum atomic E-state index is 13.7. The number of para-hydroxylation sites is 2. The van der Waals surface area contributed by atoms with Crippen LogP contribution >= 0.6 is 0 Å². The minimum atomic E-state index is -0.160. The van der Waals surface area contributed by atoms with Gasteiger partial charge in [0.1, 0.15) is 0 Å². The second-order valence-corrected chi connectivity index (χ2v) is 7.65. The predicted octanol–water partition coefficient (Wildman–Crippen LogP) is 5.61. The molecule has 0 spiro atoms. The first kappa shape index (κ1) is 19.9. The molecule has 4 heteroatoms. The lowest BCUT2D eigenvalue weighted by Gasteiger charge is -2.43. The van der Waals surface area contributed by atoms with Crippen LogP contribution in [-0.2, 0) is 4.79 Å². The largest absolute Gasteiger partial charge is 0.309 e. The van der Waals surface area contributed by atoms with Gasteiger partial charge >= 0.3 is 0 Å². The fourth-order valence-corrected chi connectivity index (χ4v) is 4.32. The van der Waals surface area contributed by atoms with Crippen molar-refractivity contribution in [3.63, 3.8) is 0 Å². The Morgan fingerprint density at radius 3 is 2.17 bits per heavy atom. The first-order valence-corrected chi connectivity index (χ1v) is 10.5. The molecule has 4 rings (SSSR count). The molecular weight excluding hydrogens is 372 g/mol. The van der Waals surface area contributed by atoms with Crippen molar-refractivity contribution in [1.29, 1.82) is 0 Å². The number of benzene rings is 3. The van der Waals surface area contributed by atoms with Crippen LogP contribution in [0.3, 0.4) is 0 Å². The molecule has 2 amide bonds. The normalized spacial score (nSPS) is 17.9. The van der Waals surface area contributed by atoms with E-state index in [1.807, 2.05) is 102 Å². The average molecular weight is 399 g/mol. The molecule has 2 atom stereocenters. The molecule has 4 nitrogen and oxygen atoms in total. The zero-order valence-electron chi connectivity index (χ0n) is 17.4.